The molecule has 1 amide bonds. The Morgan fingerprint density at radius 1 is 1.07 bits per heavy atom. The van der Waals surface area contributed by atoms with Gasteiger partial charge in [0.2, 0.25) is 5.91 Å². The number of hydrogen-bond acceptors (Lipinski definition) is 4. The van der Waals surface area contributed by atoms with E-state index in [9.17, 15) is 4.79 Å². The first kappa shape index (κ1) is 19.2. The summed E-state index contributed by atoms with van der Waals surface area (Å²) in [6, 6.07) is 14.3. The van der Waals surface area contributed by atoms with Crippen LogP contribution in [0.25, 0.3) is 0 Å². The number of nitrogens with zero attached hydrogens (tertiary/aromatic N) is 1. The van der Waals surface area contributed by atoms with Crippen LogP contribution in [0.5, 0.6) is 11.5 Å². The van der Waals surface area contributed by atoms with E-state index in [1.807, 2.05) is 37.1 Å². The van der Waals surface area contributed by atoms with Crippen LogP contribution >= 0.6 is 0 Å². The highest BCUT2D eigenvalue weighted by atomic mass is 16.6. The minimum atomic E-state index is -0.00824. The van der Waals surface area contributed by atoms with Gasteiger partial charge in [-0.25, -0.2) is 0 Å². The van der Waals surface area contributed by atoms with Gasteiger partial charge in [-0.2, -0.15) is 0 Å². The second-order valence-electron chi connectivity index (χ2n) is 7.03. The summed E-state index contributed by atoms with van der Waals surface area (Å²) in [6.45, 7) is 6.32. The molecule has 1 N–H and O–H groups in total. The number of ether oxygens (including phenoxy) is 2. The summed E-state index contributed by atoms with van der Waals surface area (Å²) >= 11 is 0. The maximum Gasteiger partial charge on any atom is 0.234 e. The summed E-state index contributed by atoms with van der Waals surface area (Å²) in [5.41, 5.74) is 3.52. The predicted octanol–water partition coefficient (Wildman–Crippen LogP) is 3.33. The third kappa shape index (κ3) is 5.23. The van der Waals surface area contributed by atoms with Gasteiger partial charge in [0, 0.05) is 6.54 Å². The lowest BCUT2D eigenvalue weighted by atomic mass is 10.1. The molecule has 3 rings (SSSR count). The lowest BCUT2D eigenvalue weighted by molar-refractivity contribution is -0.122. The number of likely N-dealkylation sites (N-methyl/N-ethyl adjacent to an activating group) is 1. The second-order valence-corrected chi connectivity index (χ2v) is 7.03. The van der Waals surface area contributed by atoms with Crippen molar-refractivity contribution in [3.63, 3.8) is 0 Å². The average molecular weight is 368 g/mol. The zero-order valence-electron chi connectivity index (χ0n) is 16.3. The van der Waals surface area contributed by atoms with Crippen molar-refractivity contribution in [3.8, 4) is 11.5 Å². The molecule has 5 nitrogen and oxygen atoms in total. The molecule has 0 saturated carbocycles. The van der Waals surface area contributed by atoms with Gasteiger partial charge in [0.25, 0.3) is 0 Å². The Balaban J connectivity index is 1.51. The van der Waals surface area contributed by atoms with Crippen LogP contribution in [0.2, 0.25) is 0 Å². The molecule has 5 heteroatoms. The molecule has 1 atom stereocenters. The van der Waals surface area contributed by atoms with Crippen LogP contribution in [0.1, 0.15) is 36.6 Å². The lowest BCUT2D eigenvalue weighted by Crippen LogP contribution is -2.36. The molecule has 144 valence electrons. The third-order valence-corrected chi connectivity index (χ3v) is 4.74. The molecule has 0 aliphatic carbocycles. The van der Waals surface area contributed by atoms with E-state index in [1.54, 1.807) is 0 Å². The number of carbonyl (C=O) groups is 1. The number of nitrogens with one attached hydrogen (secondary N) is 1. The van der Waals surface area contributed by atoms with Crippen LogP contribution < -0.4 is 14.8 Å². The molecular formula is C22H28N2O3. The maximum absolute atomic E-state index is 12.4. The molecule has 0 radical (unpaired) electrons. The molecule has 0 unspecified atom stereocenters. The summed E-state index contributed by atoms with van der Waals surface area (Å²) in [5, 5.41) is 3.07. The molecule has 1 aliphatic rings. The number of aryl methyl sites for hydroxylation is 1. The predicted molar refractivity (Wildman–Crippen MR) is 106 cm³/mol. The first-order chi connectivity index (χ1) is 13.0. The topological polar surface area (TPSA) is 50.8 Å². The smallest absolute Gasteiger partial charge is 0.234 e. The van der Waals surface area contributed by atoms with Crippen molar-refractivity contribution < 1.29 is 14.3 Å². The first-order valence-corrected chi connectivity index (χ1v) is 9.50. The van der Waals surface area contributed by atoms with Crippen LogP contribution in [0.4, 0.5) is 0 Å². The summed E-state index contributed by atoms with van der Waals surface area (Å²) in [7, 11) is 1.94. The monoisotopic (exact) mass is 368 g/mol. The summed E-state index contributed by atoms with van der Waals surface area (Å²) < 4.78 is 11.2. The van der Waals surface area contributed by atoms with Crippen LogP contribution in [-0.2, 0) is 17.8 Å². The number of rotatable bonds is 7. The Labute approximate surface area is 161 Å². The van der Waals surface area contributed by atoms with Gasteiger partial charge in [-0.15, -0.1) is 0 Å². The van der Waals surface area contributed by atoms with Crippen molar-refractivity contribution in [2.45, 2.75) is 32.9 Å². The number of benzene rings is 2. The molecule has 0 fully saturated rings. The minimum Gasteiger partial charge on any atom is -0.486 e. The summed E-state index contributed by atoms with van der Waals surface area (Å²) in [5.74, 6) is 1.58. The Bertz CT molecular complexity index is 774. The molecule has 0 bridgehead atoms. The molecule has 2 aromatic carbocycles. The fraction of sp³-hybridized carbons (Fsp3) is 0.409. The van der Waals surface area contributed by atoms with Gasteiger partial charge in [-0.05, 0) is 49.2 Å². The van der Waals surface area contributed by atoms with Crippen LogP contribution in [0.3, 0.4) is 0 Å². The largest absolute Gasteiger partial charge is 0.486 e. The van der Waals surface area contributed by atoms with Gasteiger partial charge < -0.3 is 14.8 Å². The Hall–Kier alpha value is -2.53. The summed E-state index contributed by atoms with van der Waals surface area (Å²) in [4.78, 5) is 14.4. The van der Waals surface area contributed by atoms with Gasteiger partial charge in [0.1, 0.15) is 13.2 Å². The molecule has 0 aromatic heterocycles. The van der Waals surface area contributed by atoms with Crippen molar-refractivity contribution in [3.05, 3.63) is 59.2 Å². The number of carbonyl (C=O) groups excluding carboxylic acids is 1. The molecule has 2 aromatic rings. The normalized spacial score (nSPS) is 14.1. The van der Waals surface area contributed by atoms with E-state index in [0.717, 1.165) is 29.0 Å². The van der Waals surface area contributed by atoms with Crippen LogP contribution in [-0.4, -0.2) is 37.6 Å². The van der Waals surface area contributed by atoms with Crippen molar-refractivity contribution in [1.29, 1.82) is 0 Å². The average Bonchev–Trinajstić information content (AvgIpc) is 2.67. The van der Waals surface area contributed by atoms with Crippen molar-refractivity contribution in [1.82, 2.24) is 10.2 Å². The van der Waals surface area contributed by atoms with E-state index in [4.69, 9.17) is 9.47 Å². The van der Waals surface area contributed by atoms with E-state index < -0.39 is 0 Å². The van der Waals surface area contributed by atoms with Crippen molar-refractivity contribution >= 4 is 5.91 Å². The zero-order valence-corrected chi connectivity index (χ0v) is 16.3. The molecular weight excluding hydrogens is 340 g/mol. The molecule has 0 saturated heterocycles. The van der Waals surface area contributed by atoms with Gasteiger partial charge in [-0.3, -0.25) is 9.69 Å². The SMILES string of the molecule is CCc1ccc([C@@H](C)NC(=O)CN(C)Cc2ccc3c(c2)OCCO3)cc1. The Morgan fingerprint density at radius 2 is 1.74 bits per heavy atom. The number of hydrogen-bond donors (Lipinski definition) is 1. The van der Waals surface area contributed by atoms with Crippen LogP contribution in [0.15, 0.2) is 42.5 Å². The van der Waals surface area contributed by atoms with Crippen LogP contribution in [0, 0.1) is 0 Å². The van der Waals surface area contributed by atoms with Gasteiger partial charge >= 0.3 is 0 Å². The molecule has 1 heterocycles. The third-order valence-electron chi connectivity index (χ3n) is 4.74. The van der Waals surface area contributed by atoms with E-state index in [0.29, 0.717) is 26.3 Å². The quantitative estimate of drug-likeness (QED) is 0.814. The Kier molecular flexibility index (Phi) is 6.35. The maximum atomic E-state index is 12.4. The Morgan fingerprint density at radius 3 is 2.44 bits per heavy atom. The van der Waals surface area contributed by atoms with Crippen molar-refractivity contribution in [2.75, 3.05) is 26.8 Å². The van der Waals surface area contributed by atoms with E-state index >= 15 is 0 Å². The highest BCUT2D eigenvalue weighted by Crippen LogP contribution is 2.31. The lowest BCUT2D eigenvalue weighted by Gasteiger charge is -2.21. The highest BCUT2D eigenvalue weighted by molar-refractivity contribution is 5.78. The fourth-order valence-corrected chi connectivity index (χ4v) is 3.21. The van der Waals surface area contributed by atoms with Gasteiger partial charge in [0.15, 0.2) is 11.5 Å². The van der Waals surface area contributed by atoms with Gasteiger partial charge in [-0.1, -0.05) is 37.3 Å². The fourth-order valence-electron chi connectivity index (χ4n) is 3.21. The molecule has 27 heavy (non-hydrogen) atoms. The minimum absolute atomic E-state index is 0.00824. The standard InChI is InChI=1S/C22H28N2O3/c1-4-17-5-8-19(9-6-17)16(2)23-22(25)15-24(3)14-18-7-10-20-21(13-18)27-12-11-26-20/h5-10,13,16H,4,11-12,14-15H2,1-3H3,(H,23,25)/t16-/m1/s1. The van der Waals surface area contributed by atoms with E-state index in [1.165, 1.54) is 5.56 Å². The first-order valence-electron chi connectivity index (χ1n) is 9.50. The second kappa shape index (κ2) is 8.91. The molecule has 0 spiro atoms. The molecule has 1 aliphatic heterocycles. The van der Waals surface area contributed by atoms with Gasteiger partial charge in [0.05, 0.1) is 12.6 Å². The van der Waals surface area contributed by atoms with Crippen molar-refractivity contribution in [2.24, 2.45) is 0 Å². The number of fused-ring (bicyclic) bond motifs is 1. The van der Waals surface area contributed by atoms with E-state index in [-0.39, 0.29) is 11.9 Å². The zero-order chi connectivity index (χ0) is 19.2. The highest BCUT2D eigenvalue weighted by Gasteiger charge is 2.15. The number of amides is 1. The summed E-state index contributed by atoms with van der Waals surface area (Å²) in [6.07, 6.45) is 1.02. The van der Waals surface area contributed by atoms with E-state index in [2.05, 4.69) is 36.5 Å².